The third-order valence-corrected chi connectivity index (χ3v) is 2.18. The topological polar surface area (TPSA) is 90.9 Å². The Labute approximate surface area is 109 Å². The molecular weight excluding hydrogens is 254 g/mol. The molecule has 0 aliphatic heterocycles. The first-order valence-corrected chi connectivity index (χ1v) is 5.23. The fraction of sp³-hybridized carbons (Fsp3) is 0.250. The number of hydrogen-bond acceptors (Lipinski definition) is 6. The van der Waals surface area contributed by atoms with Crippen molar-refractivity contribution in [3.8, 4) is 5.75 Å². The number of nitrogens with one attached hydrogen (secondary N) is 1. The van der Waals surface area contributed by atoms with Gasteiger partial charge in [-0.25, -0.2) is 9.59 Å². The Kier molecular flexibility index (Phi) is 4.87. The maximum atomic E-state index is 11.3. The number of hydrogen-bond donors (Lipinski definition) is 1. The van der Waals surface area contributed by atoms with Gasteiger partial charge in [0.2, 0.25) is 0 Å². The lowest BCUT2D eigenvalue weighted by Crippen LogP contribution is -2.24. The molecular formula is C12H13NO6. The van der Waals surface area contributed by atoms with Crippen molar-refractivity contribution >= 4 is 23.7 Å². The summed E-state index contributed by atoms with van der Waals surface area (Å²) in [6, 6.07) is 4.47. The van der Waals surface area contributed by atoms with Crippen molar-refractivity contribution in [1.29, 1.82) is 0 Å². The van der Waals surface area contributed by atoms with Crippen LogP contribution in [-0.2, 0) is 19.1 Å². The summed E-state index contributed by atoms with van der Waals surface area (Å²) in [6.45, 7) is 1.68. The zero-order chi connectivity index (χ0) is 14.4. The van der Waals surface area contributed by atoms with Crippen molar-refractivity contribution in [1.82, 2.24) is 0 Å². The average Bonchev–Trinajstić information content (AvgIpc) is 2.40. The molecule has 1 N–H and O–H groups in total. The highest BCUT2D eigenvalue weighted by Crippen LogP contribution is 2.21. The fourth-order valence-electron chi connectivity index (χ4n) is 1.24. The first-order chi connectivity index (χ1) is 8.97. The Hall–Kier alpha value is -2.57. The minimum atomic E-state index is -0.991. The molecule has 0 aliphatic rings. The van der Waals surface area contributed by atoms with Gasteiger partial charge in [-0.15, -0.1) is 0 Å². The molecule has 0 aliphatic carbocycles. The Bertz CT molecular complexity index is 511. The molecule has 1 rings (SSSR count). The van der Waals surface area contributed by atoms with Crippen LogP contribution in [0.3, 0.4) is 0 Å². The lowest BCUT2D eigenvalue weighted by Gasteiger charge is -2.09. The van der Waals surface area contributed by atoms with E-state index in [2.05, 4.69) is 14.8 Å². The standard InChI is InChI=1S/C12H13NO6/c1-7-6-8(19-12(16)18-3)4-5-9(7)13-10(14)11(15)17-2/h4-6H,1-3H3,(H,13,14). The molecule has 0 aromatic heterocycles. The number of anilines is 1. The summed E-state index contributed by atoms with van der Waals surface area (Å²) in [5, 5.41) is 2.37. The number of aryl methyl sites for hydroxylation is 1. The molecule has 7 heteroatoms. The predicted octanol–water partition coefficient (Wildman–Crippen LogP) is 1.25. The number of benzene rings is 1. The van der Waals surface area contributed by atoms with Crippen LogP contribution in [0.4, 0.5) is 10.5 Å². The predicted molar refractivity (Wildman–Crippen MR) is 64.9 cm³/mol. The molecule has 0 atom stereocenters. The highest BCUT2D eigenvalue weighted by molar-refractivity contribution is 6.37. The molecule has 0 heterocycles. The summed E-state index contributed by atoms with van der Waals surface area (Å²) in [7, 11) is 2.31. The SMILES string of the molecule is COC(=O)Oc1ccc(NC(=O)C(=O)OC)c(C)c1. The number of carbonyl (C=O) groups is 3. The van der Waals surface area contributed by atoms with Crippen LogP contribution >= 0.6 is 0 Å². The fourth-order valence-corrected chi connectivity index (χ4v) is 1.24. The molecule has 19 heavy (non-hydrogen) atoms. The van der Waals surface area contributed by atoms with Gasteiger partial charge in [-0.3, -0.25) is 4.79 Å². The number of esters is 1. The van der Waals surface area contributed by atoms with Crippen molar-refractivity contribution in [2.45, 2.75) is 6.92 Å². The van der Waals surface area contributed by atoms with Crippen LogP contribution in [0.5, 0.6) is 5.75 Å². The maximum Gasteiger partial charge on any atom is 0.513 e. The van der Waals surface area contributed by atoms with E-state index in [9.17, 15) is 14.4 Å². The van der Waals surface area contributed by atoms with E-state index in [1.54, 1.807) is 6.92 Å². The van der Waals surface area contributed by atoms with Crippen molar-refractivity contribution in [2.75, 3.05) is 19.5 Å². The van der Waals surface area contributed by atoms with Gasteiger partial charge < -0.3 is 19.5 Å². The summed E-state index contributed by atoms with van der Waals surface area (Å²) >= 11 is 0. The quantitative estimate of drug-likeness (QED) is 0.492. The lowest BCUT2D eigenvalue weighted by atomic mass is 10.2. The second-order valence-corrected chi connectivity index (χ2v) is 3.48. The molecule has 0 bridgehead atoms. The number of amides is 1. The first kappa shape index (κ1) is 14.5. The van der Waals surface area contributed by atoms with E-state index in [0.717, 1.165) is 7.11 Å². The van der Waals surface area contributed by atoms with Gasteiger partial charge in [0, 0.05) is 5.69 Å². The number of carbonyl (C=O) groups excluding carboxylic acids is 3. The lowest BCUT2D eigenvalue weighted by molar-refractivity contribution is -0.150. The van der Waals surface area contributed by atoms with E-state index < -0.39 is 18.0 Å². The van der Waals surface area contributed by atoms with Crippen LogP contribution in [0.2, 0.25) is 0 Å². The second-order valence-electron chi connectivity index (χ2n) is 3.48. The molecule has 1 amide bonds. The Morgan fingerprint density at radius 1 is 1.11 bits per heavy atom. The van der Waals surface area contributed by atoms with Crippen molar-refractivity contribution < 1.29 is 28.6 Å². The van der Waals surface area contributed by atoms with Gasteiger partial charge in [0.15, 0.2) is 0 Å². The van der Waals surface area contributed by atoms with Gasteiger partial charge in [0.05, 0.1) is 14.2 Å². The minimum absolute atomic E-state index is 0.264. The van der Waals surface area contributed by atoms with Crippen LogP contribution in [0.15, 0.2) is 18.2 Å². The van der Waals surface area contributed by atoms with Gasteiger partial charge in [-0.05, 0) is 30.7 Å². The molecule has 0 radical (unpaired) electrons. The monoisotopic (exact) mass is 267 g/mol. The summed E-state index contributed by atoms with van der Waals surface area (Å²) in [4.78, 5) is 33.2. The highest BCUT2D eigenvalue weighted by atomic mass is 16.7. The zero-order valence-corrected chi connectivity index (χ0v) is 10.7. The van der Waals surface area contributed by atoms with E-state index in [1.807, 2.05) is 0 Å². The largest absolute Gasteiger partial charge is 0.513 e. The summed E-state index contributed by atoms with van der Waals surface area (Å²) < 4.78 is 13.4. The summed E-state index contributed by atoms with van der Waals surface area (Å²) in [6.07, 6.45) is -0.842. The molecule has 0 fully saturated rings. The van der Waals surface area contributed by atoms with E-state index in [4.69, 9.17) is 4.74 Å². The highest BCUT2D eigenvalue weighted by Gasteiger charge is 2.15. The third-order valence-electron chi connectivity index (χ3n) is 2.18. The van der Waals surface area contributed by atoms with Crippen LogP contribution in [0, 0.1) is 6.92 Å². The van der Waals surface area contributed by atoms with Crippen LogP contribution in [0.1, 0.15) is 5.56 Å². The van der Waals surface area contributed by atoms with Gasteiger partial charge in [0.1, 0.15) is 5.75 Å². The molecule has 7 nitrogen and oxygen atoms in total. The maximum absolute atomic E-state index is 11.3. The normalized spacial score (nSPS) is 9.42. The van der Waals surface area contributed by atoms with E-state index >= 15 is 0 Å². The molecule has 0 unspecified atom stereocenters. The Morgan fingerprint density at radius 2 is 1.79 bits per heavy atom. The van der Waals surface area contributed by atoms with Crippen molar-refractivity contribution in [2.24, 2.45) is 0 Å². The smallest absolute Gasteiger partial charge is 0.462 e. The van der Waals surface area contributed by atoms with E-state index in [1.165, 1.54) is 25.3 Å². The van der Waals surface area contributed by atoms with Gasteiger partial charge >= 0.3 is 18.0 Å². The van der Waals surface area contributed by atoms with Crippen LogP contribution in [0.25, 0.3) is 0 Å². The van der Waals surface area contributed by atoms with Gasteiger partial charge in [-0.1, -0.05) is 0 Å². The Morgan fingerprint density at radius 3 is 2.32 bits per heavy atom. The van der Waals surface area contributed by atoms with E-state index in [-0.39, 0.29) is 5.75 Å². The molecule has 0 saturated carbocycles. The molecule has 1 aromatic carbocycles. The number of ether oxygens (including phenoxy) is 3. The number of rotatable bonds is 2. The second kappa shape index (κ2) is 6.39. The summed E-state index contributed by atoms with van der Waals surface area (Å²) in [5.41, 5.74) is 1.02. The first-order valence-electron chi connectivity index (χ1n) is 5.23. The molecule has 1 aromatic rings. The average molecular weight is 267 g/mol. The van der Waals surface area contributed by atoms with Gasteiger partial charge in [-0.2, -0.15) is 0 Å². The molecule has 0 saturated heterocycles. The van der Waals surface area contributed by atoms with Gasteiger partial charge in [0.25, 0.3) is 0 Å². The molecule has 0 spiro atoms. The Balaban J connectivity index is 2.80. The zero-order valence-electron chi connectivity index (χ0n) is 10.7. The van der Waals surface area contributed by atoms with E-state index in [0.29, 0.717) is 11.3 Å². The van der Waals surface area contributed by atoms with Crippen molar-refractivity contribution in [3.63, 3.8) is 0 Å². The molecule has 102 valence electrons. The third kappa shape index (κ3) is 3.98. The summed E-state index contributed by atoms with van der Waals surface area (Å²) in [5.74, 6) is -1.61. The van der Waals surface area contributed by atoms with Crippen LogP contribution in [-0.4, -0.2) is 32.3 Å². The van der Waals surface area contributed by atoms with Crippen LogP contribution < -0.4 is 10.1 Å². The van der Waals surface area contributed by atoms with Crippen molar-refractivity contribution in [3.05, 3.63) is 23.8 Å². The minimum Gasteiger partial charge on any atom is -0.462 e. The number of methoxy groups -OCH3 is 2.